The molecule has 0 unspecified atom stereocenters. The van der Waals surface area contributed by atoms with Crippen molar-refractivity contribution in [1.82, 2.24) is 14.5 Å². The van der Waals surface area contributed by atoms with Crippen LogP contribution in [0.1, 0.15) is 27.1 Å². The van der Waals surface area contributed by atoms with Gasteiger partial charge in [-0.15, -0.1) is 0 Å². The third kappa shape index (κ3) is 2.15. The molecule has 6 rings (SSSR count). The maximum atomic E-state index is 13.3. The first-order chi connectivity index (χ1) is 15.0. The highest BCUT2D eigenvalue weighted by Crippen LogP contribution is 2.44. The fourth-order valence-electron chi connectivity index (χ4n) is 4.96. The maximum absolute atomic E-state index is 13.3. The van der Waals surface area contributed by atoms with Crippen LogP contribution < -0.4 is 5.73 Å². The van der Waals surface area contributed by atoms with Crippen LogP contribution in [0.3, 0.4) is 0 Å². The highest BCUT2D eigenvalue weighted by Gasteiger charge is 2.39. The van der Waals surface area contributed by atoms with E-state index < -0.39 is 5.91 Å². The predicted molar refractivity (Wildman–Crippen MR) is 119 cm³/mol. The number of carbonyl (C=O) groups is 3. The Morgan fingerprint density at radius 2 is 1.58 bits per heavy atom. The summed E-state index contributed by atoms with van der Waals surface area (Å²) in [6.45, 7) is 0.376. The molecule has 3 N–H and O–H groups in total. The summed E-state index contributed by atoms with van der Waals surface area (Å²) in [7, 11) is 1.52. The molecule has 0 fully saturated rings. The number of rotatable bonds is 3. The number of nitrogens with two attached hydrogens (primary N) is 1. The summed E-state index contributed by atoms with van der Waals surface area (Å²) in [5, 5.41) is 3.23. The summed E-state index contributed by atoms with van der Waals surface area (Å²) >= 11 is 0. The molecule has 152 valence electrons. The number of aromatic nitrogens is 2. The van der Waals surface area contributed by atoms with Crippen molar-refractivity contribution in [1.29, 1.82) is 0 Å². The summed E-state index contributed by atoms with van der Waals surface area (Å²) in [6, 6.07) is 15.5. The minimum atomic E-state index is -0.397. The third-order valence-electron chi connectivity index (χ3n) is 6.28. The second-order valence-corrected chi connectivity index (χ2v) is 7.95. The number of H-pyrrole nitrogens is 1. The molecule has 3 aromatic carbocycles. The molecule has 3 heterocycles. The maximum Gasteiger partial charge on any atom is 0.262 e. The van der Waals surface area contributed by atoms with Crippen molar-refractivity contribution in [3.05, 3.63) is 59.7 Å². The van der Waals surface area contributed by atoms with E-state index in [4.69, 9.17) is 5.73 Å². The largest absolute Gasteiger partial charge is 0.370 e. The lowest BCUT2D eigenvalue weighted by Gasteiger charge is -2.08. The number of nitrogens with one attached hydrogen (secondary N) is 1. The van der Waals surface area contributed by atoms with Crippen LogP contribution in [0.5, 0.6) is 0 Å². The Morgan fingerprint density at radius 3 is 2.32 bits per heavy atom. The van der Waals surface area contributed by atoms with E-state index >= 15 is 0 Å². The fourth-order valence-corrected chi connectivity index (χ4v) is 4.96. The van der Waals surface area contributed by atoms with Gasteiger partial charge in [0.05, 0.1) is 22.2 Å². The Kier molecular flexibility index (Phi) is 3.40. The van der Waals surface area contributed by atoms with Gasteiger partial charge in [-0.25, -0.2) is 0 Å². The second kappa shape index (κ2) is 5.95. The minimum Gasteiger partial charge on any atom is -0.370 e. The van der Waals surface area contributed by atoms with Crippen molar-refractivity contribution in [3.8, 4) is 0 Å². The first kappa shape index (κ1) is 17.7. The van der Waals surface area contributed by atoms with Crippen molar-refractivity contribution >= 4 is 61.3 Å². The van der Waals surface area contributed by atoms with Crippen LogP contribution in [0, 0.1) is 0 Å². The zero-order valence-electron chi connectivity index (χ0n) is 16.7. The van der Waals surface area contributed by atoms with E-state index in [0.29, 0.717) is 17.7 Å². The van der Waals surface area contributed by atoms with Crippen LogP contribution >= 0.6 is 0 Å². The predicted octanol–water partition coefficient (Wildman–Crippen LogP) is 3.53. The zero-order valence-corrected chi connectivity index (χ0v) is 16.7. The van der Waals surface area contributed by atoms with Crippen molar-refractivity contribution in [3.63, 3.8) is 0 Å². The van der Waals surface area contributed by atoms with Gasteiger partial charge in [0.15, 0.2) is 0 Å². The van der Waals surface area contributed by atoms with Gasteiger partial charge in [0.25, 0.3) is 11.8 Å². The molecule has 0 saturated heterocycles. The molecule has 3 amide bonds. The summed E-state index contributed by atoms with van der Waals surface area (Å²) in [5.74, 6) is -1.01. The van der Waals surface area contributed by atoms with Gasteiger partial charge in [-0.1, -0.05) is 36.4 Å². The molecule has 7 nitrogen and oxygen atoms in total. The summed E-state index contributed by atoms with van der Waals surface area (Å²) < 4.78 is 2.03. The molecule has 0 radical (unpaired) electrons. The van der Waals surface area contributed by atoms with E-state index in [2.05, 4.69) is 4.98 Å². The quantitative estimate of drug-likeness (QED) is 0.445. The molecule has 2 aromatic heterocycles. The van der Waals surface area contributed by atoms with E-state index in [1.54, 1.807) is 0 Å². The average molecular weight is 410 g/mol. The third-order valence-corrected chi connectivity index (χ3v) is 6.28. The van der Waals surface area contributed by atoms with Gasteiger partial charge < -0.3 is 15.3 Å². The van der Waals surface area contributed by atoms with Gasteiger partial charge in [-0.3, -0.25) is 19.3 Å². The van der Waals surface area contributed by atoms with Gasteiger partial charge in [-0.05, 0) is 12.1 Å². The number of amides is 3. The molecular formula is C24H18N4O3. The van der Waals surface area contributed by atoms with Gasteiger partial charge in [0.1, 0.15) is 0 Å². The zero-order chi connectivity index (χ0) is 21.4. The number of primary amides is 1. The van der Waals surface area contributed by atoms with E-state index in [1.165, 1.54) is 11.9 Å². The molecular weight excluding hydrogens is 392 g/mol. The minimum absolute atomic E-state index is 0.166. The number of benzene rings is 3. The molecule has 5 aromatic rings. The molecule has 31 heavy (non-hydrogen) atoms. The Labute approximate surface area is 176 Å². The Morgan fingerprint density at radius 1 is 0.935 bits per heavy atom. The van der Waals surface area contributed by atoms with Crippen LogP contribution in [0.4, 0.5) is 0 Å². The van der Waals surface area contributed by atoms with Crippen molar-refractivity contribution < 1.29 is 14.4 Å². The first-order valence-electron chi connectivity index (χ1n) is 10.1. The molecule has 0 saturated carbocycles. The summed E-state index contributed by atoms with van der Waals surface area (Å²) in [6.07, 6.45) is 0.166. The van der Waals surface area contributed by atoms with Crippen LogP contribution in [-0.2, 0) is 11.3 Å². The highest BCUT2D eigenvalue weighted by atomic mass is 16.2. The Hall–Kier alpha value is -4.13. The smallest absolute Gasteiger partial charge is 0.262 e. The molecule has 0 bridgehead atoms. The number of fused-ring (bicyclic) bond motifs is 10. The lowest BCUT2D eigenvalue weighted by atomic mass is 9.97. The molecule has 7 heteroatoms. The number of hydrogen-bond acceptors (Lipinski definition) is 3. The monoisotopic (exact) mass is 410 g/mol. The van der Waals surface area contributed by atoms with Crippen LogP contribution in [0.15, 0.2) is 48.5 Å². The first-order valence-corrected chi connectivity index (χ1v) is 10.1. The fraction of sp³-hybridized carbons (Fsp3) is 0.125. The van der Waals surface area contributed by atoms with Crippen molar-refractivity contribution in [2.75, 3.05) is 7.05 Å². The van der Waals surface area contributed by atoms with Crippen LogP contribution in [0.2, 0.25) is 0 Å². The van der Waals surface area contributed by atoms with E-state index in [9.17, 15) is 14.4 Å². The number of nitrogens with zero attached hydrogens (tertiary/aromatic N) is 2. The molecule has 1 aliphatic heterocycles. The topological polar surface area (TPSA) is 101 Å². The Bertz CT molecular complexity index is 1620. The number of aromatic amines is 1. The van der Waals surface area contributed by atoms with E-state index in [-0.39, 0.29) is 18.2 Å². The van der Waals surface area contributed by atoms with Crippen LogP contribution in [0.25, 0.3) is 43.6 Å². The number of para-hydroxylation sites is 2. The number of carbonyl (C=O) groups excluding carboxylic acids is 3. The Balaban J connectivity index is 1.93. The molecule has 0 aliphatic carbocycles. The lowest BCUT2D eigenvalue weighted by Crippen LogP contribution is -2.24. The standard InChI is InChI=1S/C24H18N4O3/c1-27-23(30)19-17-12-6-2-4-8-14(12)26-21(17)22-18(20(19)24(27)31)13-7-3-5-9-15(13)28(22)11-10-16(25)29/h2-9,26H,10-11H2,1H3,(H2,25,29). The number of imide groups is 1. The summed E-state index contributed by atoms with van der Waals surface area (Å²) in [5.41, 5.74) is 9.68. The van der Waals surface area contributed by atoms with Crippen LogP contribution in [-0.4, -0.2) is 39.2 Å². The van der Waals surface area contributed by atoms with Gasteiger partial charge >= 0.3 is 0 Å². The van der Waals surface area contributed by atoms with Gasteiger partial charge in [0, 0.05) is 52.6 Å². The second-order valence-electron chi connectivity index (χ2n) is 7.95. The van der Waals surface area contributed by atoms with E-state index in [0.717, 1.165) is 43.6 Å². The molecule has 1 aliphatic rings. The van der Waals surface area contributed by atoms with Crippen molar-refractivity contribution in [2.45, 2.75) is 13.0 Å². The number of aryl methyl sites for hydroxylation is 1. The van der Waals surface area contributed by atoms with E-state index in [1.807, 2.05) is 53.1 Å². The highest BCUT2D eigenvalue weighted by molar-refractivity contribution is 6.39. The van der Waals surface area contributed by atoms with Gasteiger partial charge in [-0.2, -0.15) is 0 Å². The normalized spacial score (nSPS) is 13.9. The molecule has 0 spiro atoms. The summed E-state index contributed by atoms with van der Waals surface area (Å²) in [4.78, 5) is 42.7. The average Bonchev–Trinajstić information content (AvgIpc) is 3.37. The number of hydrogen-bond donors (Lipinski definition) is 2. The molecule has 0 atom stereocenters. The lowest BCUT2D eigenvalue weighted by molar-refractivity contribution is -0.118. The van der Waals surface area contributed by atoms with Crippen molar-refractivity contribution in [2.24, 2.45) is 5.73 Å². The SMILES string of the molecule is CN1C(=O)c2c(c3c4ccccc4n(CCC(N)=O)c3c3[nH]c4ccccc4c23)C1=O. The van der Waals surface area contributed by atoms with Gasteiger partial charge in [0.2, 0.25) is 5.91 Å².